The van der Waals surface area contributed by atoms with Crippen LogP contribution in [0.3, 0.4) is 0 Å². The van der Waals surface area contributed by atoms with Gasteiger partial charge in [0.2, 0.25) is 0 Å². The third-order valence-electron chi connectivity index (χ3n) is 3.90. The maximum absolute atomic E-state index is 12.2. The van der Waals surface area contributed by atoms with Crippen LogP contribution in [-0.2, 0) is 9.53 Å². The van der Waals surface area contributed by atoms with E-state index >= 15 is 0 Å². The fraction of sp³-hybridized carbons (Fsp3) is 0.444. The Labute approximate surface area is 142 Å². The Morgan fingerprint density at radius 3 is 3.00 bits per heavy atom. The summed E-state index contributed by atoms with van der Waals surface area (Å²) in [5, 5.41) is 2.74. The molecule has 1 aliphatic heterocycles. The summed E-state index contributed by atoms with van der Waals surface area (Å²) in [5.74, 6) is 0.311. The van der Waals surface area contributed by atoms with Crippen LogP contribution in [0.15, 0.2) is 30.5 Å². The molecule has 0 aromatic heterocycles. The smallest absolute Gasteiger partial charge is 0.321 e. The second kappa shape index (κ2) is 8.96. The van der Waals surface area contributed by atoms with Gasteiger partial charge in [-0.1, -0.05) is 12.1 Å². The molecule has 0 saturated carbocycles. The molecule has 1 aromatic carbocycles. The molecule has 1 heterocycles. The largest absolute Gasteiger partial charge is 0.497 e. The van der Waals surface area contributed by atoms with Crippen molar-refractivity contribution in [3.8, 4) is 5.75 Å². The lowest BCUT2D eigenvalue weighted by Gasteiger charge is -2.31. The summed E-state index contributed by atoms with van der Waals surface area (Å²) in [6.45, 7) is 3.20. The van der Waals surface area contributed by atoms with Gasteiger partial charge in [-0.3, -0.25) is 4.79 Å². The average molecular weight is 332 g/mol. The molecule has 130 valence electrons. The van der Waals surface area contributed by atoms with Crippen molar-refractivity contribution in [2.75, 3.05) is 26.8 Å². The number of carbonyl (C=O) groups is 2. The minimum atomic E-state index is -0.230. The van der Waals surface area contributed by atoms with Gasteiger partial charge in [0.05, 0.1) is 19.6 Å². The first-order chi connectivity index (χ1) is 11.6. The molecule has 24 heavy (non-hydrogen) atoms. The number of piperidine rings is 1. The fourth-order valence-electron chi connectivity index (χ4n) is 2.66. The monoisotopic (exact) mass is 332 g/mol. The molecule has 1 saturated heterocycles. The number of esters is 1. The molecule has 0 spiro atoms. The van der Waals surface area contributed by atoms with Gasteiger partial charge in [-0.15, -0.1) is 0 Å². The van der Waals surface area contributed by atoms with E-state index in [2.05, 4.69) is 5.32 Å². The number of hydrogen-bond acceptors (Lipinski definition) is 4. The predicted octanol–water partition coefficient (Wildman–Crippen LogP) is 2.65. The molecular formula is C18H24N2O4. The molecule has 2 rings (SSSR count). The lowest BCUT2D eigenvalue weighted by molar-refractivity contribution is -0.149. The first-order valence-corrected chi connectivity index (χ1v) is 8.16. The Kier molecular flexibility index (Phi) is 6.66. The molecule has 1 N–H and O–H groups in total. The van der Waals surface area contributed by atoms with Crippen LogP contribution < -0.4 is 10.1 Å². The number of hydrogen-bond donors (Lipinski definition) is 1. The molecule has 6 heteroatoms. The maximum Gasteiger partial charge on any atom is 0.321 e. The van der Waals surface area contributed by atoms with Crippen molar-refractivity contribution in [1.82, 2.24) is 10.2 Å². The number of ether oxygens (including phenoxy) is 2. The first kappa shape index (κ1) is 17.8. The topological polar surface area (TPSA) is 67.9 Å². The molecule has 0 radical (unpaired) electrons. The zero-order chi connectivity index (χ0) is 17.4. The fourth-order valence-corrected chi connectivity index (χ4v) is 2.66. The number of likely N-dealkylation sites (tertiary alicyclic amines) is 1. The lowest BCUT2D eigenvalue weighted by Crippen LogP contribution is -2.46. The first-order valence-electron chi connectivity index (χ1n) is 8.16. The molecule has 6 nitrogen and oxygen atoms in total. The number of methoxy groups -OCH3 is 1. The zero-order valence-corrected chi connectivity index (χ0v) is 14.2. The summed E-state index contributed by atoms with van der Waals surface area (Å²) in [6, 6.07) is 7.33. The van der Waals surface area contributed by atoms with Crippen LogP contribution in [-0.4, -0.2) is 43.7 Å². The standard InChI is InChI=1S/C18H24N2O4/c1-3-24-17(21)15-7-5-11-20(13-15)18(22)19-10-9-14-6-4-8-16(12-14)23-2/h4,6,8-10,12,15H,3,5,7,11,13H2,1-2H3,(H,19,22)/b10-9+. The van der Waals surface area contributed by atoms with E-state index in [1.165, 1.54) is 0 Å². The van der Waals surface area contributed by atoms with Crippen molar-refractivity contribution in [3.05, 3.63) is 36.0 Å². The van der Waals surface area contributed by atoms with Gasteiger partial charge < -0.3 is 19.7 Å². The SMILES string of the molecule is CCOC(=O)C1CCCN(C(=O)N/C=C/c2cccc(OC)c2)C1. The highest BCUT2D eigenvalue weighted by Crippen LogP contribution is 2.18. The van der Waals surface area contributed by atoms with E-state index in [0.717, 1.165) is 24.2 Å². The summed E-state index contributed by atoms with van der Waals surface area (Å²) in [7, 11) is 1.61. The van der Waals surface area contributed by atoms with Gasteiger partial charge in [0.15, 0.2) is 0 Å². The van der Waals surface area contributed by atoms with Gasteiger partial charge >= 0.3 is 12.0 Å². The highest BCUT2D eigenvalue weighted by Gasteiger charge is 2.28. The van der Waals surface area contributed by atoms with Crippen LogP contribution in [0.25, 0.3) is 6.08 Å². The van der Waals surface area contributed by atoms with Crippen molar-refractivity contribution >= 4 is 18.1 Å². The molecule has 1 unspecified atom stereocenters. The molecule has 0 bridgehead atoms. The highest BCUT2D eigenvalue weighted by atomic mass is 16.5. The van der Waals surface area contributed by atoms with E-state index in [4.69, 9.17) is 9.47 Å². The predicted molar refractivity (Wildman–Crippen MR) is 91.5 cm³/mol. The van der Waals surface area contributed by atoms with E-state index < -0.39 is 0 Å². The van der Waals surface area contributed by atoms with E-state index in [1.54, 1.807) is 31.2 Å². The van der Waals surface area contributed by atoms with Crippen LogP contribution in [0.1, 0.15) is 25.3 Å². The van der Waals surface area contributed by atoms with Crippen molar-refractivity contribution < 1.29 is 19.1 Å². The summed E-state index contributed by atoms with van der Waals surface area (Å²) in [5.41, 5.74) is 0.928. The Balaban J connectivity index is 1.87. The Morgan fingerprint density at radius 2 is 2.25 bits per heavy atom. The highest BCUT2D eigenvalue weighted by molar-refractivity contribution is 5.78. The third kappa shape index (κ3) is 5.01. The van der Waals surface area contributed by atoms with Crippen molar-refractivity contribution in [2.24, 2.45) is 5.92 Å². The Morgan fingerprint density at radius 1 is 1.42 bits per heavy atom. The van der Waals surface area contributed by atoms with E-state index in [0.29, 0.717) is 19.7 Å². The number of rotatable bonds is 5. The van der Waals surface area contributed by atoms with Crippen LogP contribution in [0.4, 0.5) is 4.79 Å². The van der Waals surface area contributed by atoms with Crippen LogP contribution >= 0.6 is 0 Å². The van der Waals surface area contributed by atoms with E-state index in [9.17, 15) is 9.59 Å². The van der Waals surface area contributed by atoms with Gasteiger partial charge in [-0.2, -0.15) is 0 Å². The number of nitrogens with zero attached hydrogens (tertiary/aromatic N) is 1. The molecule has 2 amide bonds. The van der Waals surface area contributed by atoms with Gasteiger partial charge in [0.25, 0.3) is 0 Å². The summed E-state index contributed by atoms with van der Waals surface area (Å²) >= 11 is 0. The number of nitrogens with one attached hydrogen (secondary N) is 1. The van der Waals surface area contributed by atoms with Crippen LogP contribution in [0.5, 0.6) is 5.75 Å². The summed E-state index contributed by atoms with van der Waals surface area (Å²) in [6.07, 6.45) is 4.97. The molecule has 0 aliphatic carbocycles. The number of amides is 2. The molecule has 1 aromatic rings. The summed E-state index contributed by atoms with van der Waals surface area (Å²) in [4.78, 5) is 25.7. The normalized spacial score (nSPS) is 17.6. The maximum atomic E-state index is 12.2. The Hall–Kier alpha value is -2.50. The van der Waals surface area contributed by atoms with Crippen molar-refractivity contribution in [2.45, 2.75) is 19.8 Å². The second-order valence-corrected chi connectivity index (χ2v) is 5.60. The minimum absolute atomic E-state index is 0.205. The van der Waals surface area contributed by atoms with Gasteiger partial charge in [-0.25, -0.2) is 4.79 Å². The quantitative estimate of drug-likeness (QED) is 0.842. The number of urea groups is 1. The van der Waals surface area contributed by atoms with Gasteiger partial charge in [-0.05, 0) is 43.5 Å². The summed E-state index contributed by atoms with van der Waals surface area (Å²) < 4.78 is 10.2. The molecule has 1 aliphatic rings. The number of carbonyl (C=O) groups excluding carboxylic acids is 2. The van der Waals surface area contributed by atoms with Crippen molar-refractivity contribution in [1.29, 1.82) is 0 Å². The van der Waals surface area contributed by atoms with E-state index in [-0.39, 0.29) is 17.9 Å². The Bertz CT molecular complexity index is 600. The number of benzene rings is 1. The van der Waals surface area contributed by atoms with Crippen molar-refractivity contribution in [3.63, 3.8) is 0 Å². The van der Waals surface area contributed by atoms with Gasteiger partial charge in [0, 0.05) is 19.3 Å². The lowest BCUT2D eigenvalue weighted by atomic mass is 9.98. The van der Waals surface area contributed by atoms with Crippen LogP contribution in [0, 0.1) is 5.92 Å². The minimum Gasteiger partial charge on any atom is -0.497 e. The molecule has 1 fully saturated rings. The van der Waals surface area contributed by atoms with E-state index in [1.807, 2.05) is 24.3 Å². The van der Waals surface area contributed by atoms with Crippen LogP contribution in [0.2, 0.25) is 0 Å². The second-order valence-electron chi connectivity index (χ2n) is 5.60. The molecule has 1 atom stereocenters. The zero-order valence-electron chi connectivity index (χ0n) is 14.2. The molecular weight excluding hydrogens is 308 g/mol. The average Bonchev–Trinajstić information content (AvgIpc) is 2.62. The van der Waals surface area contributed by atoms with Gasteiger partial charge in [0.1, 0.15) is 5.75 Å². The third-order valence-corrected chi connectivity index (χ3v) is 3.90.